The molecule has 0 bridgehead atoms. The summed E-state index contributed by atoms with van der Waals surface area (Å²) >= 11 is 0. The molecular formula is C27H29N5O. The van der Waals surface area contributed by atoms with Crippen molar-refractivity contribution in [1.29, 1.82) is 0 Å². The summed E-state index contributed by atoms with van der Waals surface area (Å²) in [5.41, 5.74) is 5.35. The highest BCUT2D eigenvalue weighted by atomic mass is 16.2. The van der Waals surface area contributed by atoms with E-state index in [0.29, 0.717) is 6.54 Å². The van der Waals surface area contributed by atoms with Gasteiger partial charge in [-0.05, 0) is 37.4 Å². The van der Waals surface area contributed by atoms with E-state index >= 15 is 0 Å². The van der Waals surface area contributed by atoms with Crippen molar-refractivity contribution in [3.63, 3.8) is 0 Å². The Morgan fingerprint density at radius 1 is 0.879 bits per heavy atom. The van der Waals surface area contributed by atoms with Crippen LogP contribution in [-0.4, -0.2) is 53.3 Å². The first-order valence-corrected chi connectivity index (χ1v) is 11.5. The van der Waals surface area contributed by atoms with Gasteiger partial charge in [0.1, 0.15) is 0 Å². The van der Waals surface area contributed by atoms with Gasteiger partial charge in [-0.2, -0.15) is 5.10 Å². The lowest BCUT2D eigenvalue weighted by Crippen LogP contribution is -2.49. The van der Waals surface area contributed by atoms with Gasteiger partial charge in [-0.3, -0.25) is 9.69 Å². The molecule has 1 aliphatic rings. The third-order valence-electron chi connectivity index (χ3n) is 6.37. The molecule has 1 fully saturated rings. The Bertz CT molecular complexity index is 1270. The number of para-hydroxylation sites is 1. The second-order valence-corrected chi connectivity index (χ2v) is 8.60. The van der Waals surface area contributed by atoms with Crippen molar-refractivity contribution >= 4 is 28.1 Å². The van der Waals surface area contributed by atoms with Crippen molar-refractivity contribution in [2.75, 3.05) is 42.9 Å². The molecule has 0 aliphatic carbocycles. The molecule has 168 valence electrons. The van der Waals surface area contributed by atoms with Crippen molar-refractivity contribution in [2.45, 2.75) is 13.8 Å². The third kappa shape index (κ3) is 4.34. The van der Waals surface area contributed by atoms with Gasteiger partial charge < -0.3 is 10.2 Å². The molecule has 2 heterocycles. The number of hydrogen-bond donors (Lipinski definition) is 1. The molecule has 0 unspecified atom stereocenters. The highest BCUT2D eigenvalue weighted by molar-refractivity contribution is 6.02. The Balaban J connectivity index is 1.22. The predicted molar refractivity (Wildman–Crippen MR) is 134 cm³/mol. The Hall–Kier alpha value is -3.64. The van der Waals surface area contributed by atoms with E-state index in [9.17, 15) is 4.79 Å². The zero-order valence-corrected chi connectivity index (χ0v) is 19.2. The van der Waals surface area contributed by atoms with Crippen LogP contribution in [0, 0.1) is 13.8 Å². The largest absolute Gasteiger partial charge is 0.366 e. The zero-order valence-electron chi connectivity index (χ0n) is 19.2. The van der Waals surface area contributed by atoms with Gasteiger partial charge in [0.05, 0.1) is 29.3 Å². The summed E-state index contributed by atoms with van der Waals surface area (Å²) in [6.45, 7) is 8.06. The van der Waals surface area contributed by atoms with Crippen LogP contribution in [-0.2, 0) is 4.79 Å². The summed E-state index contributed by atoms with van der Waals surface area (Å²) in [6, 6.07) is 24.4. The van der Waals surface area contributed by atoms with Crippen molar-refractivity contribution < 1.29 is 4.79 Å². The molecule has 4 aromatic rings. The first kappa shape index (κ1) is 21.2. The third-order valence-corrected chi connectivity index (χ3v) is 6.37. The summed E-state index contributed by atoms with van der Waals surface area (Å²) in [4.78, 5) is 17.4. The number of aryl methyl sites for hydroxylation is 1. The van der Waals surface area contributed by atoms with E-state index in [2.05, 4.69) is 53.2 Å². The van der Waals surface area contributed by atoms with Crippen LogP contribution >= 0.6 is 0 Å². The molecule has 1 aromatic heterocycles. The summed E-state index contributed by atoms with van der Waals surface area (Å²) in [5, 5.41) is 10.1. The number of carbonyl (C=O) groups excluding carboxylic acids is 1. The van der Waals surface area contributed by atoms with Gasteiger partial charge in [-0.1, -0.05) is 54.6 Å². The fourth-order valence-corrected chi connectivity index (χ4v) is 4.77. The topological polar surface area (TPSA) is 53.4 Å². The monoisotopic (exact) mass is 439 g/mol. The van der Waals surface area contributed by atoms with Crippen LogP contribution < -0.4 is 10.2 Å². The quantitative estimate of drug-likeness (QED) is 0.501. The SMILES string of the molecule is Cc1nn(-c2ccccc2)c(C)c1N1CCN(CC(=O)Nc2cccc3ccccc23)CC1. The normalized spacial score (nSPS) is 14.5. The number of carbonyl (C=O) groups is 1. The van der Waals surface area contributed by atoms with Crippen LogP contribution in [0.5, 0.6) is 0 Å². The molecule has 0 radical (unpaired) electrons. The van der Waals surface area contributed by atoms with Gasteiger partial charge in [-0.15, -0.1) is 0 Å². The van der Waals surface area contributed by atoms with E-state index in [1.807, 2.05) is 53.2 Å². The van der Waals surface area contributed by atoms with Gasteiger partial charge in [0, 0.05) is 37.3 Å². The average Bonchev–Trinajstić information content (AvgIpc) is 3.14. The average molecular weight is 440 g/mol. The van der Waals surface area contributed by atoms with E-state index in [4.69, 9.17) is 5.10 Å². The van der Waals surface area contributed by atoms with Gasteiger partial charge in [-0.25, -0.2) is 4.68 Å². The molecule has 6 nitrogen and oxygen atoms in total. The smallest absolute Gasteiger partial charge is 0.238 e. The molecule has 1 amide bonds. The van der Waals surface area contributed by atoms with Crippen LogP contribution in [0.15, 0.2) is 72.8 Å². The zero-order chi connectivity index (χ0) is 22.8. The number of rotatable bonds is 5. The molecule has 1 aliphatic heterocycles. The summed E-state index contributed by atoms with van der Waals surface area (Å²) < 4.78 is 2.02. The van der Waals surface area contributed by atoms with E-state index in [1.54, 1.807) is 0 Å². The van der Waals surface area contributed by atoms with Crippen LogP contribution in [0.25, 0.3) is 16.5 Å². The maximum Gasteiger partial charge on any atom is 0.238 e. The molecule has 1 saturated heterocycles. The van der Waals surface area contributed by atoms with Gasteiger partial charge in [0.2, 0.25) is 5.91 Å². The number of nitrogens with zero attached hydrogens (tertiary/aromatic N) is 4. The number of anilines is 2. The number of aromatic nitrogens is 2. The van der Waals surface area contributed by atoms with E-state index in [-0.39, 0.29) is 5.91 Å². The van der Waals surface area contributed by atoms with Crippen LogP contribution in [0.1, 0.15) is 11.4 Å². The first-order chi connectivity index (χ1) is 16.1. The van der Waals surface area contributed by atoms with Gasteiger partial charge in [0.15, 0.2) is 0 Å². The van der Waals surface area contributed by atoms with Crippen molar-refractivity contribution in [1.82, 2.24) is 14.7 Å². The summed E-state index contributed by atoms with van der Waals surface area (Å²) in [5.74, 6) is 0.0315. The van der Waals surface area contributed by atoms with Crippen molar-refractivity contribution in [3.8, 4) is 5.69 Å². The Morgan fingerprint density at radius 3 is 2.36 bits per heavy atom. The first-order valence-electron chi connectivity index (χ1n) is 11.5. The second-order valence-electron chi connectivity index (χ2n) is 8.60. The number of fused-ring (bicyclic) bond motifs is 1. The number of hydrogen-bond acceptors (Lipinski definition) is 4. The fraction of sp³-hybridized carbons (Fsp3) is 0.259. The number of piperazine rings is 1. The lowest BCUT2D eigenvalue weighted by molar-refractivity contribution is -0.117. The van der Waals surface area contributed by atoms with Crippen LogP contribution in [0.3, 0.4) is 0 Å². The maximum absolute atomic E-state index is 12.8. The molecule has 0 saturated carbocycles. The molecule has 0 atom stereocenters. The molecule has 1 N–H and O–H groups in total. The van der Waals surface area contributed by atoms with E-state index < -0.39 is 0 Å². The number of amides is 1. The molecule has 6 heteroatoms. The molecular weight excluding hydrogens is 410 g/mol. The number of nitrogens with one attached hydrogen (secondary N) is 1. The number of benzene rings is 3. The summed E-state index contributed by atoms with van der Waals surface area (Å²) in [7, 11) is 0. The molecule has 5 rings (SSSR count). The Labute approximate surface area is 194 Å². The van der Waals surface area contributed by atoms with Crippen LogP contribution in [0.2, 0.25) is 0 Å². The highest BCUT2D eigenvalue weighted by Crippen LogP contribution is 2.28. The summed E-state index contributed by atoms with van der Waals surface area (Å²) in [6.07, 6.45) is 0. The lowest BCUT2D eigenvalue weighted by atomic mass is 10.1. The molecule has 0 spiro atoms. The Morgan fingerprint density at radius 2 is 1.58 bits per heavy atom. The predicted octanol–water partition coefficient (Wildman–Crippen LogP) is 4.40. The van der Waals surface area contributed by atoms with Crippen molar-refractivity contribution in [3.05, 3.63) is 84.2 Å². The van der Waals surface area contributed by atoms with Crippen LogP contribution in [0.4, 0.5) is 11.4 Å². The lowest BCUT2D eigenvalue weighted by Gasteiger charge is -2.35. The fourth-order valence-electron chi connectivity index (χ4n) is 4.77. The standard InChI is InChI=1S/C27H29N5O/c1-20-27(21(2)32(29-20)23-11-4-3-5-12-23)31-17-15-30(16-18-31)19-26(33)28-25-14-8-10-22-9-6-7-13-24(22)25/h3-14H,15-19H2,1-2H3,(H,28,33). The molecule has 33 heavy (non-hydrogen) atoms. The molecule has 3 aromatic carbocycles. The van der Waals surface area contributed by atoms with Crippen molar-refractivity contribution in [2.24, 2.45) is 0 Å². The minimum Gasteiger partial charge on any atom is -0.366 e. The van der Waals surface area contributed by atoms with Gasteiger partial charge in [0.25, 0.3) is 0 Å². The van der Waals surface area contributed by atoms with E-state index in [0.717, 1.165) is 59.7 Å². The minimum absolute atomic E-state index is 0.0315. The van der Waals surface area contributed by atoms with Gasteiger partial charge >= 0.3 is 0 Å². The van der Waals surface area contributed by atoms with E-state index in [1.165, 1.54) is 5.69 Å². The Kier molecular flexibility index (Phi) is 5.84. The maximum atomic E-state index is 12.8. The minimum atomic E-state index is 0.0315. The second kappa shape index (κ2) is 9.08. The highest BCUT2D eigenvalue weighted by Gasteiger charge is 2.24.